The Hall–Kier alpha value is -1.79. The molecular formula is C13H23N3O4. The van der Waals surface area contributed by atoms with Crippen molar-refractivity contribution >= 4 is 17.9 Å². The van der Waals surface area contributed by atoms with E-state index in [0.29, 0.717) is 32.6 Å². The molecule has 0 bridgehead atoms. The van der Waals surface area contributed by atoms with Crippen molar-refractivity contribution in [2.45, 2.75) is 26.7 Å². The second kappa shape index (κ2) is 7.72. The fraction of sp³-hybridized carbons (Fsp3) is 0.769. The summed E-state index contributed by atoms with van der Waals surface area (Å²) in [5, 5.41) is 11.4. The summed E-state index contributed by atoms with van der Waals surface area (Å²) >= 11 is 0. The highest BCUT2D eigenvalue weighted by Crippen LogP contribution is 2.20. The van der Waals surface area contributed by atoms with Crippen molar-refractivity contribution in [2.24, 2.45) is 5.92 Å². The molecular weight excluding hydrogens is 262 g/mol. The predicted octanol–water partition coefficient (Wildman–Crippen LogP) is 0.361. The summed E-state index contributed by atoms with van der Waals surface area (Å²) in [6.07, 6.45) is 0.795. The van der Waals surface area contributed by atoms with E-state index < -0.39 is 5.97 Å². The molecule has 1 heterocycles. The molecule has 1 aliphatic rings. The van der Waals surface area contributed by atoms with Crippen LogP contribution in [0, 0.1) is 5.92 Å². The van der Waals surface area contributed by atoms with Gasteiger partial charge in [-0.25, -0.2) is 4.79 Å². The molecule has 1 rings (SSSR count). The van der Waals surface area contributed by atoms with E-state index in [1.165, 1.54) is 4.90 Å². The molecule has 1 saturated heterocycles. The first kappa shape index (κ1) is 16.3. The van der Waals surface area contributed by atoms with Crippen molar-refractivity contribution in [3.63, 3.8) is 0 Å². The van der Waals surface area contributed by atoms with Crippen LogP contribution in [-0.4, -0.2) is 65.5 Å². The average molecular weight is 285 g/mol. The number of likely N-dealkylation sites (N-methyl/N-ethyl adjacent to an activating group) is 2. The van der Waals surface area contributed by atoms with Crippen LogP contribution in [-0.2, 0) is 9.59 Å². The molecule has 2 N–H and O–H groups in total. The van der Waals surface area contributed by atoms with E-state index in [2.05, 4.69) is 5.32 Å². The first-order valence-electron chi connectivity index (χ1n) is 7.00. The van der Waals surface area contributed by atoms with Crippen molar-refractivity contribution in [1.82, 2.24) is 15.1 Å². The second-order valence-electron chi connectivity index (χ2n) is 4.95. The standard InChI is InChI=1S/C13H23N3O4/c1-3-14-11(17)9-15(4-2)13(20)16-6-5-10(8-16)7-12(18)19/h10H,3-9H2,1-2H3,(H,14,17)(H,18,19). The van der Waals surface area contributed by atoms with E-state index >= 15 is 0 Å². The summed E-state index contributed by atoms with van der Waals surface area (Å²) < 4.78 is 0. The zero-order chi connectivity index (χ0) is 15.1. The minimum Gasteiger partial charge on any atom is -0.481 e. The Labute approximate surface area is 118 Å². The topological polar surface area (TPSA) is 90.0 Å². The molecule has 7 heteroatoms. The van der Waals surface area contributed by atoms with E-state index in [1.54, 1.807) is 4.90 Å². The minimum absolute atomic E-state index is 0.0135. The molecule has 0 spiro atoms. The molecule has 0 aromatic rings. The van der Waals surface area contributed by atoms with Gasteiger partial charge in [-0.05, 0) is 26.2 Å². The van der Waals surface area contributed by atoms with Crippen molar-refractivity contribution < 1.29 is 19.5 Å². The van der Waals surface area contributed by atoms with Gasteiger partial charge in [0.05, 0.1) is 0 Å². The van der Waals surface area contributed by atoms with Crippen molar-refractivity contribution in [3.8, 4) is 0 Å². The smallest absolute Gasteiger partial charge is 0.320 e. The Balaban J connectivity index is 2.51. The number of rotatable bonds is 6. The lowest BCUT2D eigenvalue weighted by molar-refractivity contribution is -0.138. The number of nitrogens with zero attached hydrogens (tertiary/aromatic N) is 2. The fourth-order valence-corrected chi connectivity index (χ4v) is 2.36. The average Bonchev–Trinajstić information content (AvgIpc) is 2.83. The highest BCUT2D eigenvalue weighted by Gasteiger charge is 2.30. The van der Waals surface area contributed by atoms with Gasteiger partial charge in [-0.15, -0.1) is 0 Å². The van der Waals surface area contributed by atoms with E-state index in [0.717, 1.165) is 0 Å². The zero-order valence-corrected chi connectivity index (χ0v) is 12.1. The van der Waals surface area contributed by atoms with Gasteiger partial charge >= 0.3 is 12.0 Å². The molecule has 0 aliphatic carbocycles. The summed E-state index contributed by atoms with van der Waals surface area (Å²) in [5.41, 5.74) is 0. The van der Waals surface area contributed by atoms with Crippen LogP contribution in [0.2, 0.25) is 0 Å². The van der Waals surface area contributed by atoms with Crippen molar-refractivity contribution in [3.05, 3.63) is 0 Å². The third-order valence-electron chi connectivity index (χ3n) is 3.38. The molecule has 0 saturated carbocycles. The molecule has 0 aromatic heterocycles. The second-order valence-corrected chi connectivity index (χ2v) is 4.95. The predicted molar refractivity (Wildman–Crippen MR) is 73.3 cm³/mol. The Morgan fingerprint density at radius 1 is 1.35 bits per heavy atom. The van der Waals surface area contributed by atoms with Gasteiger partial charge in [0.15, 0.2) is 0 Å². The van der Waals surface area contributed by atoms with E-state index in [1.807, 2.05) is 13.8 Å². The molecule has 0 aromatic carbocycles. The van der Waals surface area contributed by atoms with Crippen LogP contribution in [0.4, 0.5) is 4.79 Å². The molecule has 1 fully saturated rings. The largest absolute Gasteiger partial charge is 0.481 e. The highest BCUT2D eigenvalue weighted by molar-refractivity contribution is 5.84. The van der Waals surface area contributed by atoms with Gasteiger partial charge in [-0.1, -0.05) is 0 Å². The summed E-state index contributed by atoms with van der Waals surface area (Å²) in [6.45, 7) is 5.70. The van der Waals surface area contributed by atoms with E-state index in [-0.39, 0.29) is 30.8 Å². The Morgan fingerprint density at radius 3 is 2.60 bits per heavy atom. The van der Waals surface area contributed by atoms with E-state index in [9.17, 15) is 14.4 Å². The van der Waals surface area contributed by atoms with Gasteiger partial charge in [0.25, 0.3) is 0 Å². The fourth-order valence-electron chi connectivity index (χ4n) is 2.36. The number of hydrogen-bond donors (Lipinski definition) is 2. The van der Waals surface area contributed by atoms with E-state index in [4.69, 9.17) is 5.11 Å². The maximum Gasteiger partial charge on any atom is 0.320 e. The van der Waals surface area contributed by atoms with Crippen LogP contribution in [0.15, 0.2) is 0 Å². The number of likely N-dealkylation sites (tertiary alicyclic amines) is 1. The Bertz CT molecular complexity index is 373. The quantitative estimate of drug-likeness (QED) is 0.737. The Kier molecular flexibility index (Phi) is 6.27. The van der Waals surface area contributed by atoms with Crippen molar-refractivity contribution in [2.75, 3.05) is 32.7 Å². The summed E-state index contributed by atoms with van der Waals surface area (Å²) in [4.78, 5) is 37.6. The van der Waals surface area contributed by atoms with Gasteiger partial charge in [0, 0.05) is 32.6 Å². The number of nitrogens with one attached hydrogen (secondary N) is 1. The van der Waals surface area contributed by atoms with Crippen LogP contribution in [0.1, 0.15) is 26.7 Å². The first-order chi connectivity index (χ1) is 9.47. The number of urea groups is 1. The van der Waals surface area contributed by atoms with Crippen LogP contribution in [0.5, 0.6) is 0 Å². The monoisotopic (exact) mass is 285 g/mol. The summed E-state index contributed by atoms with van der Waals surface area (Å²) in [6, 6.07) is -0.188. The van der Waals surface area contributed by atoms with Crippen molar-refractivity contribution in [1.29, 1.82) is 0 Å². The highest BCUT2D eigenvalue weighted by atomic mass is 16.4. The van der Waals surface area contributed by atoms with Crippen LogP contribution >= 0.6 is 0 Å². The van der Waals surface area contributed by atoms with Gasteiger partial charge in [-0.2, -0.15) is 0 Å². The Morgan fingerprint density at radius 2 is 2.05 bits per heavy atom. The molecule has 1 aliphatic heterocycles. The van der Waals surface area contributed by atoms with Gasteiger partial charge in [-0.3, -0.25) is 9.59 Å². The molecule has 114 valence electrons. The molecule has 0 radical (unpaired) electrons. The van der Waals surface area contributed by atoms with Crippen LogP contribution in [0.3, 0.4) is 0 Å². The van der Waals surface area contributed by atoms with Gasteiger partial charge in [0.1, 0.15) is 6.54 Å². The third-order valence-corrected chi connectivity index (χ3v) is 3.38. The molecule has 20 heavy (non-hydrogen) atoms. The number of aliphatic carboxylic acids is 1. The minimum atomic E-state index is -0.834. The SMILES string of the molecule is CCNC(=O)CN(CC)C(=O)N1CCC(CC(=O)O)C1. The van der Waals surface area contributed by atoms with Gasteiger partial charge in [0.2, 0.25) is 5.91 Å². The first-order valence-corrected chi connectivity index (χ1v) is 7.00. The maximum absolute atomic E-state index is 12.3. The summed E-state index contributed by atoms with van der Waals surface area (Å²) in [7, 11) is 0. The molecule has 1 unspecified atom stereocenters. The number of amides is 3. The lowest BCUT2D eigenvalue weighted by Crippen LogP contribution is -2.46. The molecule has 1 atom stereocenters. The van der Waals surface area contributed by atoms with Gasteiger partial charge < -0.3 is 20.2 Å². The lowest BCUT2D eigenvalue weighted by atomic mass is 10.1. The number of carboxylic acids is 1. The number of hydrogen-bond acceptors (Lipinski definition) is 3. The normalized spacial score (nSPS) is 17.9. The number of carbonyl (C=O) groups is 3. The lowest BCUT2D eigenvalue weighted by Gasteiger charge is -2.26. The third kappa shape index (κ3) is 4.71. The van der Waals surface area contributed by atoms with Crippen LogP contribution < -0.4 is 5.32 Å². The van der Waals surface area contributed by atoms with Crippen LogP contribution in [0.25, 0.3) is 0 Å². The maximum atomic E-state index is 12.3. The number of carbonyl (C=O) groups excluding carboxylic acids is 2. The molecule has 3 amide bonds. The summed E-state index contributed by atoms with van der Waals surface area (Å²) in [5.74, 6) is -0.998. The number of carboxylic acid groups (broad SMARTS) is 1. The molecule has 7 nitrogen and oxygen atoms in total. The zero-order valence-electron chi connectivity index (χ0n) is 12.1.